The molecule has 2 heterocycles. The monoisotopic (exact) mass is 274 g/mol. The Hall–Kier alpha value is -2.28. The molecule has 3 rings (SSSR count). The second-order valence-electron chi connectivity index (χ2n) is 4.39. The van der Waals surface area contributed by atoms with Gasteiger partial charge < -0.3 is 14.4 Å². The number of morpholine rings is 1. The van der Waals surface area contributed by atoms with E-state index in [1.165, 1.54) is 0 Å². The maximum Gasteiger partial charge on any atom is 0.293 e. The van der Waals surface area contributed by atoms with Crippen molar-refractivity contribution in [2.75, 3.05) is 33.4 Å². The van der Waals surface area contributed by atoms with Crippen LogP contribution in [0.1, 0.15) is 10.6 Å². The molecule has 0 saturated carbocycles. The van der Waals surface area contributed by atoms with Gasteiger partial charge in [0.15, 0.2) is 0 Å². The smallest absolute Gasteiger partial charge is 0.293 e. The predicted octanol–water partition coefficient (Wildman–Crippen LogP) is 0.506. The van der Waals surface area contributed by atoms with Crippen molar-refractivity contribution in [3.8, 4) is 5.75 Å². The maximum atomic E-state index is 12.3. The lowest BCUT2D eigenvalue weighted by molar-refractivity contribution is 0.0294. The lowest BCUT2D eigenvalue weighted by atomic mass is 10.3. The van der Waals surface area contributed by atoms with Crippen LogP contribution < -0.4 is 4.74 Å². The lowest BCUT2D eigenvalue weighted by Crippen LogP contribution is -2.41. The van der Waals surface area contributed by atoms with Gasteiger partial charge in [0.25, 0.3) is 5.91 Å². The van der Waals surface area contributed by atoms with Crippen LogP contribution in [0.15, 0.2) is 18.2 Å². The Bertz CT molecular complexity index is 641. The van der Waals surface area contributed by atoms with Crippen LogP contribution in [0.5, 0.6) is 5.75 Å². The number of carbonyl (C=O) groups is 1. The number of methoxy groups -OCH3 is 1. The van der Waals surface area contributed by atoms with Crippen molar-refractivity contribution < 1.29 is 14.3 Å². The van der Waals surface area contributed by atoms with E-state index >= 15 is 0 Å². The van der Waals surface area contributed by atoms with Crippen molar-refractivity contribution in [2.45, 2.75) is 0 Å². The first kappa shape index (κ1) is 12.7. The van der Waals surface area contributed by atoms with E-state index in [9.17, 15) is 4.79 Å². The predicted molar refractivity (Wildman–Crippen MR) is 70.6 cm³/mol. The second kappa shape index (κ2) is 5.38. The first-order chi connectivity index (χ1) is 9.78. The highest BCUT2D eigenvalue weighted by Gasteiger charge is 2.21. The van der Waals surface area contributed by atoms with Crippen LogP contribution in [0, 0.1) is 0 Å². The zero-order chi connectivity index (χ0) is 13.9. The Morgan fingerprint density at radius 2 is 2.05 bits per heavy atom. The zero-order valence-electron chi connectivity index (χ0n) is 11.1. The normalized spacial score (nSPS) is 15.3. The number of rotatable bonds is 2. The van der Waals surface area contributed by atoms with E-state index in [0.29, 0.717) is 43.1 Å². The van der Waals surface area contributed by atoms with Crippen LogP contribution in [0.4, 0.5) is 0 Å². The fourth-order valence-electron chi connectivity index (χ4n) is 2.04. The molecule has 0 bridgehead atoms. The van der Waals surface area contributed by atoms with E-state index in [0.717, 1.165) is 0 Å². The number of ether oxygens (including phenoxy) is 2. The molecule has 7 heteroatoms. The first-order valence-electron chi connectivity index (χ1n) is 6.33. The van der Waals surface area contributed by atoms with Gasteiger partial charge in [-0.1, -0.05) is 0 Å². The average Bonchev–Trinajstić information content (AvgIpc) is 2.54. The van der Waals surface area contributed by atoms with Crippen LogP contribution in [0.2, 0.25) is 0 Å². The molecule has 2 aromatic rings. The molecular formula is C13H14N4O3. The van der Waals surface area contributed by atoms with Gasteiger partial charge in [0, 0.05) is 19.2 Å². The van der Waals surface area contributed by atoms with E-state index in [4.69, 9.17) is 9.47 Å². The molecule has 0 N–H and O–H groups in total. The standard InChI is InChI=1S/C13H14N4O3/c1-19-9-2-3-10-11(8-9)14-12(16-15-10)13(18)17-4-6-20-7-5-17/h2-3,8H,4-7H2,1H3. The summed E-state index contributed by atoms with van der Waals surface area (Å²) in [7, 11) is 1.58. The summed E-state index contributed by atoms with van der Waals surface area (Å²) in [4.78, 5) is 18.2. The van der Waals surface area contributed by atoms with Gasteiger partial charge in [-0.3, -0.25) is 4.79 Å². The fourth-order valence-corrected chi connectivity index (χ4v) is 2.04. The Morgan fingerprint density at radius 3 is 2.80 bits per heavy atom. The summed E-state index contributed by atoms with van der Waals surface area (Å²) in [6.07, 6.45) is 0. The maximum absolute atomic E-state index is 12.3. The molecule has 0 atom stereocenters. The summed E-state index contributed by atoms with van der Waals surface area (Å²) in [6.45, 7) is 2.19. The van der Waals surface area contributed by atoms with Crippen molar-refractivity contribution in [2.24, 2.45) is 0 Å². The summed E-state index contributed by atoms with van der Waals surface area (Å²) in [5, 5.41) is 7.93. The number of benzene rings is 1. The number of carbonyl (C=O) groups excluding carboxylic acids is 1. The van der Waals surface area contributed by atoms with Gasteiger partial charge in [-0.05, 0) is 12.1 Å². The van der Waals surface area contributed by atoms with E-state index in [2.05, 4.69) is 15.2 Å². The average molecular weight is 274 g/mol. The number of amides is 1. The molecule has 0 aliphatic carbocycles. The summed E-state index contributed by atoms with van der Waals surface area (Å²) < 4.78 is 10.4. The summed E-state index contributed by atoms with van der Waals surface area (Å²) in [5.74, 6) is 0.556. The SMILES string of the molecule is COc1ccc2nnc(C(=O)N3CCOCC3)nc2c1. The summed E-state index contributed by atoms with van der Waals surface area (Å²) in [6, 6.07) is 5.28. The first-order valence-corrected chi connectivity index (χ1v) is 6.33. The van der Waals surface area contributed by atoms with Crippen molar-refractivity contribution >= 4 is 16.9 Å². The molecule has 1 aromatic heterocycles. The minimum absolute atomic E-state index is 0.104. The van der Waals surface area contributed by atoms with E-state index in [1.54, 1.807) is 30.2 Å². The highest BCUT2D eigenvalue weighted by Crippen LogP contribution is 2.17. The number of hydrogen-bond donors (Lipinski definition) is 0. The van der Waals surface area contributed by atoms with E-state index < -0.39 is 0 Å². The van der Waals surface area contributed by atoms with Crippen LogP contribution in [0.3, 0.4) is 0 Å². The number of fused-ring (bicyclic) bond motifs is 1. The summed E-state index contributed by atoms with van der Waals surface area (Å²) in [5.41, 5.74) is 1.22. The summed E-state index contributed by atoms with van der Waals surface area (Å²) >= 11 is 0. The molecule has 7 nitrogen and oxygen atoms in total. The quantitative estimate of drug-likeness (QED) is 0.794. The molecule has 1 fully saturated rings. The number of hydrogen-bond acceptors (Lipinski definition) is 6. The fraction of sp³-hybridized carbons (Fsp3) is 0.385. The minimum atomic E-state index is -0.217. The van der Waals surface area contributed by atoms with Crippen molar-refractivity contribution in [3.63, 3.8) is 0 Å². The van der Waals surface area contributed by atoms with Gasteiger partial charge in [-0.2, -0.15) is 0 Å². The molecule has 20 heavy (non-hydrogen) atoms. The largest absolute Gasteiger partial charge is 0.497 e. The van der Waals surface area contributed by atoms with Crippen LogP contribution in [0.25, 0.3) is 11.0 Å². The van der Waals surface area contributed by atoms with Crippen molar-refractivity contribution in [1.29, 1.82) is 0 Å². The molecule has 104 valence electrons. The molecule has 0 radical (unpaired) electrons. The van der Waals surface area contributed by atoms with Crippen LogP contribution in [-0.2, 0) is 4.74 Å². The van der Waals surface area contributed by atoms with Crippen molar-refractivity contribution in [3.05, 3.63) is 24.0 Å². The molecular weight excluding hydrogens is 260 g/mol. The second-order valence-corrected chi connectivity index (χ2v) is 4.39. The van der Waals surface area contributed by atoms with E-state index in [-0.39, 0.29) is 11.7 Å². The molecule has 1 aromatic carbocycles. The Balaban J connectivity index is 1.92. The third kappa shape index (κ3) is 2.39. The Morgan fingerprint density at radius 1 is 1.25 bits per heavy atom. The minimum Gasteiger partial charge on any atom is -0.497 e. The van der Waals surface area contributed by atoms with Gasteiger partial charge >= 0.3 is 0 Å². The van der Waals surface area contributed by atoms with Gasteiger partial charge in [-0.25, -0.2) is 4.98 Å². The molecule has 1 saturated heterocycles. The molecule has 1 aliphatic heterocycles. The van der Waals surface area contributed by atoms with Crippen molar-refractivity contribution in [1.82, 2.24) is 20.1 Å². The van der Waals surface area contributed by atoms with Gasteiger partial charge in [0.1, 0.15) is 11.3 Å². The Labute approximate surface area is 115 Å². The number of aromatic nitrogens is 3. The van der Waals surface area contributed by atoms with Crippen LogP contribution in [-0.4, -0.2) is 59.4 Å². The third-order valence-electron chi connectivity index (χ3n) is 3.15. The molecule has 0 spiro atoms. The topological polar surface area (TPSA) is 77.4 Å². The van der Waals surface area contributed by atoms with E-state index in [1.807, 2.05) is 0 Å². The van der Waals surface area contributed by atoms with Gasteiger partial charge in [0.05, 0.1) is 25.8 Å². The van der Waals surface area contributed by atoms with Crippen LogP contribution >= 0.6 is 0 Å². The number of nitrogens with zero attached hydrogens (tertiary/aromatic N) is 4. The molecule has 0 unspecified atom stereocenters. The Kier molecular flexibility index (Phi) is 3.42. The highest BCUT2D eigenvalue weighted by molar-refractivity contribution is 5.92. The van der Waals surface area contributed by atoms with Gasteiger partial charge in [-0.15, -0.1) is 10.2 Å². The zero-order valence-corrected chi connectivity index (χ0v) is 11.1. The lowest BCUT2D eigenvalue weighted by Gasteiger charge is -2.25. The third-order valence-corrected chi connectivity index (χ3v) is 3.15. The molecule has 1 aliphatic rings. The highest BCUT2D eigenvalue weighted by atomic mass is 16.5. The van der Waals surface area contributed by atoms with Gasteiger partial charge in [0.2, 0.25) is 5.82 Å². The molecule has 1 amide bonds.